The van der Waals surface area contributed by atoms with Crippen LogP contribution in [-0.4, -0.2) is 30.0 Å². The third-order valence-electron chi connectivity index (χ3n) is 3.01. The van der Waals surface area contributed by atoms with Crippen LogP contribution in [0.1, 0.15) is 5.56 Å². The van der Waals surface area contributed by atoms with Crippen molar-refractivity contribution in [3.05, 3.63) is 47.5 Å². The largest absolute Gasteiger partial charge is 2.00 e. The van der Waals surface area contributed by atoms with E-state index in [0.717, 1.165) is 22.0 Å². The van der Waals surface area contributed by atoms with Gasteiger partial charge in [-0.05, 0) is 24.6 Å². The van der Waals surface area contributed by atoms with Gasteiger partial charge in [-0.25, -0.2) is 0 Å². The zero-order valence-corrected chi connectivity index (χ0v) is 18.4. The summed E-state index contributed by atoms with van der Waals surface area (Å²) < 4.78 is 10.8. The van der Waals surface area contributed by atoms with Gasteiger partial charge in [0, 0.05) is 6.08 Å². The van der Waals surface area contributed by atoms with Gasteiger partial charge in [-0.2, -0.15) is 4.79 Å². The molecule has 0 N–H and O–H groups in total. The number of thioether (sulfide) groups is 1. The van der Waals surface area contributed by atoms with Crippen LogP contribution in [0.5, 0.6) is 11.5 Å². The number of benzene rings is 1. The Morgan fingerprint density at radius 2 is 1.74 bits per heavy atom. The van der Waals surface area contributed by atoms with E-state index >= 15 is 0 Å². The fraction of sp³-hybridized carbons (Fsp3) is 0.267. The van der Waals surface area contributed by atoms with Crippen LogP contribution in [0, 0.1) is 6.92 Å². The maximum atomic E-state index is 9.04. The van der Waals surface area contributed by atoms with Crippen molar-refractivity contribution in [2.75, 3.05) is 14.2 Å². The van der Waals surface area contributed by atoms with Gasteiger partial charge in [0.2, 0.25) is 0 Å². The molecular formula is C15H16Cl2N2O2SZn. The van der Waals surface area contributed by atoms with Crippen LogP contribution in [0.4, 0.5) is 0 Å². The molecule has 1 aromatic rings. The van der Waals surface area contributed by atoms with Crippen molar-refractivity contribution < 1.29 is 58.6 Å². The molecule has 0 aliphatic heterocycles. The van der Waals surface area contributed by atoms with Crippen molar-refractivity contribution in [3.8, 4) is 11.5 Å². The number of rotatable bonds is 4. The van der Waals surface area contributed by atoms with Gasteiger partial charge in [-0.3, -0.25) is 0 Å². The number of aryl methyl sites for hydroxylation is 1. The average molecular weight is 425 g/mol. The van der Waals surface area contributed by atoms with Gasteiger partial charge < -0.3 is 39.8 Å². The Hall–Kier alpha value is -0.767. The molecule has 1 aliphatic carbocycles. The number of methoxy groups -OCH3 is 2. The van der Waals surface area contributed by atoms with E-state index in [4.69, 9.17) is 15.0 Å². The smallest absolute Gasteiger partial charge is 1.00 e. The standard InChI is InChI=1S/C15H16N2O2S.2ClH.Zn/c1-10-8-13(19-3)15(9-12(10)18-2)20-14-7-5-4-6-11(14)17-16;;;/h4-9,14H,1-3H3;2*1H;/q;;;+2/p-2. The molecule has 1 atom stereocenters. The predicted molar refractivity (Wildman–Crippen MR) is 80.8 cm³/mol. The number of halogens is 2. The van der Waals surface area contributed by atoms with Crippen molar-refractivity contribution in [1.82, 2.24) is 0 Å². The number of hydrogen-bond donors (Lipinski definition) is 0. The van der Waals surface area contributed by atoms with Gasteiger partial charge in [0.25, 0.3) is 0 Å². The summed E-state index contributed by atoms with van der Waals surface area (Å²) in [5, 5.41) is -0.0497. The molecule has 0 saturated carbocycles. The van der Waals surface area contributed by atoms with Gasteiger partial charge in [0.05, 0.1) is 19.1 Å². The molecule has 2 rings (SSSR count). The molecule has 0 bridgehead atoms. The summed E-state index contributed by atoms with van der Waals surface area (Å²) in [6, 6.07) is 3.89. The third-order valence-corrected chi connectivity index (χ3v) is 4.23. The Morgan fingerprint density at radius 3 is 2.30 bits per heavy atom. The Labute approximate surface area is 165 Å². The molecule has 1 unspecified atom stereocenters. The molecule has 0 aromatic heterocycles. The van der Waals surface area contributed by atoms with E-state index in [2.05, 4.69) is 4.79 Å². The summed E-state index contributed by atoms with van der Waals surface area (Å²) in [4.78, 5) is 4.27. The molecule has 1 aromatic carbocycles. The number of nitrogens with zero attached hydrogens (tertiary/aromatic N) is 2. The zero-order chi connectivity index (χ0) is 14.5. The fourth-order valence-corrected chi connectivity index (χ4v) is 3.08. The second-order valence-corrected chi connectivity index (χ2v) is 5.46. The maximum Gasteiger partial charge on any atom is 2.00 e. The maximum absolute atomic E-state index is 9.04. The summed E-state index contributed by atoms with van der Waals surface area (Å²) in [5.74, 6) is 1.60. The summed E-state index contributed by atoms with van der Waals surface area (Å²) in [7, 11) is 3.29. The second-order valence-electron chi connectivity index (χ2n) is 4.28. The Balaban J connectivity index is 0. The number of ether oxygens (including phenoxy) is 2. The first-order valence-corrected chi connectivity index (χ1v) is 7.03. The van der Waals surface area contributed by atoms with Gasteiger partial charge in [0.1, 0.15) is 16.7 Å². The monoisotopic (exact) mass is 422 g/mol. The first-order valence-electron chi connectivity index (χ1n) is 6.15. The topological polar surface area (TPSA) is 54.9 Å². The summed E-state index contributed by atoms with van der Waals surface area (Å²) in [6.45, 7) is 1.97. The molecule has 1 aliphatic rings. The van der Waals surface area contributed by atoms with Crippen LogP contribution < -0.4 is 34.3 Å². The van der Waals surface area contributed by atoms with Crippen LogP contribution in [-0.2, 0) is 19.5 Å². The Bertz CT molecular complexity index is 632. The van der Waals surface area contributed by atoms with E-state index in [1.807, 2.05) is 37.3 Å². The summed E-state index contributed by atoms with van der Waals surface area (Å²) in [6.07, 6.45) is 7.55. The van der Waals surface area contributed by atoms with Crippen LogP contribution in [0.3, 0.4) is 0 Å². The van der Waals surface area contributed by atoms with E-state index in [9.17, 15) is 0 Å². The van der Waals surface area contributed by atoms with E-state index in [1.165, 1.54) is 0 Å². The van der Waals surface area contributed by atoms with Gasteiger partial charge >= 0.3 is 25.2 Å². The molecule has 4 nitrogen and oxygen atoms in total. The normalized spacial score (nSPS) is 14.7. The second kappa shape index (κ2) is 11.7. The average Bonchev–Trinajstić information content (AvgIpc) is 2.49. The first kappa shape index (κ1) is 24.5. The molecule has 0 heterocycles. The van der Waals surface area contributed by atoms with Crippen molar-refractivity contribution in [2.45, 2.75) is 17.1 Å². The van der Waals surface area contributed by atoms with Crippen LogP contribution in [0.25, 0.3) is 5.53 Å². The van der Waals surface area contributed by atoms with Crippen LogP contribution in [0.2, 0.25) is 0 Å². The van der Waals surface area contributed by atoms with Gasteiger partial charge in [-0.15, -0.1) is 11.8 Å². The van der Waals surface area contributed by atoms with Crippen molar-refractivity contribution >= 4 is 17.5 Å². The Morgan fingerprint density at radius 1 is 1.09 bits per heavy atom. The predicted octanol–water partition coefficient (Wildman–Crippen LogP) is -2.72. The SMILES string of the molecule is COc1cc(SC2C=CC=CC2=[N+]=[N-])c(OC)cc1C.[Cl-].[Cl-].[Zn+2]. The van der Waals surface area contributed by atoms with Crippen molar-refractivity contribution in [3.63, 3.8) is 0 Å². The van der Waals surface area contributed by atoms with Crippen LogP contribution in [0.15, 0.2) is 41.3 Å². The molecular weight excluding hydrogens is 409 g/mol. The van der Waals surface area contributed by atoms with E-state index in [1.54, 1.807) is 32.1 Å². The molecule has 0 fully saturated rings. The summed E-state index contributed by atoms with van der Waals surface area (Å²) in [5.41, 5.74) is 10.7. The molecule has 0 radical (unpaired) electrons. The number of hydrogen-bond acceptors (Lipinski definition) is 3. The molecule has 0 saturated heterocycles. The van der Waals surface area contributed by atoms with Gasteiger partial charge in [0.15, 0.2) is 0 Å². The molecule has 0 amide bonds. The molecule has 23 heavy (non-hydrogen) atoms. The van der Waals surface area contributed by atoms with Gasteiger partial charge in [-0.1, -0.05) is 18.2 Å². The quantitative estimate of drug-likeness (QED) is 0.300. The van der Waals surface area contributed by atoms with E-state index in [-0.39, 0.29) is 49.5 Å². The van der Waals surface area contributed by atoms with Crippen molar-refractivity contribution in [2.24, 2.45) is 0 Å². The number of allylic oxidation sites excluding steroid dienone is 3. The van der Waals surface area contributed by atoms with Crippen molar-refractivity contribution in [1.29, 1.82) is 0 Å². The van der Waals surface area contributed by atoms with E-state index < -0.39 is 0 Å². The van der Waals surface area contributed by atoms with Crippen LogP contribution >= 0.6 is 11.8 Å². The molecule has 8 heteroatoms. The molecule has 120 valence electrons. The minimum Gasteiger partial charge on any atom is -1.00 e. The Kier molecular flexibility index (Phi) is 12.5. The first-order chi connectivity index (χ1) is 9.69. The third kappa shape index (κ3) is 5.98. The zero-order valence-electron chi connectivity index (χ0n) is 13.1. The van der Waals surface area contributed by atoms with E-state index in [0.29, 0.717) is 5.71 Å². The molecule has 0 spiro atoms. The minimum atomic E-state index is -0.0497. The fourth-order valence-electron chi connectivity index (χ4n) is 1.95. The summed E-state index contributed by atoms with van der Waals surface area (Å²) >= 11 is 1.55. The minimum absolute atomic E-state index is 0.